The van der Waals surface area contributed by atoms with Crippen LogP contribution in [0.4, 0.5) is 5.69 Å². The van der Waals surface area contributed by atoms with E-state index in [4.69, 9.17) is 5.73 Å². The van der Waals surface area contributed by atoms with E-state index in [0.29, 0.717) is 5.56 Å². The summed E-state index contributed by atoms with van der Waals surface area (Å²) in [6, 6.07) is 4.09. The van der Waals surface area contributed by atoms with E-state index in [2.05, 4.69) is 5.32 Å². The highest BCUT2D eigenvalue weighted by atomic mass is 32.2. The van der Waals surface area contributed by atoms with Gasteiger partial charge < -0.3 is 11.1 Å². The number of nitrogens with one attached hydrogen (secondary N) is 1. The van der Waals surface area contributed by atoms with Crippen molar-refractivity contribution in [1.29, 1.82) is 0 Å². The number of hydrogen-bond donors (Lipinski definition) is 2. The number of amides is 1. The summed E-state index contributed by atoms with van der Waals surface area (Å²) in [6.45, 7) is 0. The highest BCUT2D eigenvalue weighted by Gasteiger charge is 2.13. The summed E-state index contributed by atoms with van der Waals surface area (Å²) in [4.78, 5) is 11.2. The van der Waals surface area contributed by atoms with Crippen LogP contribution in [0.2, 0.25) is 0 Å². The number of sulfone groups is 1. The molecule has 0 spiro atoms. The molecule has 1 aromatic rings. The molecule has 0 saturated carbocycles. The maximum absolute atomic E-state index is 11.2. The van der Waals surface area contributed by atoms with Gasteiger partial charge in [-0.1, -0.05) is 0 Å². The van der Waals surface area contributed by atoms with E-state index < -0.39 is 9.84 Å². The number of rotatable bonds is 2. The average Bonchev–Trinajstić information content (AvgIpc) is 2.14. The SMILES string of the molecule is CNC(=O)c1ccc(S(C)(=O)=O)c(N)c1. The molecule has 6 heteroatoms. The van der Waals surface area contributed by atoms with Crippen molar-refractivity contribution >= 4 is 21.4 Å². The molecule has 3 N–H and O–H groups in total. The van der Waals surface area contributed by atoms with E-state index in [0.717, 1.165) is 6.26 Å². The average molecular weight is 228 g/mol. The quantitative estimate of drug-likeness (QED) is 0.699. The third-order valence-corrected chi connectivity index (χ3v) is 3.07. The standard InChI is InChI=1S/C9H12N2O3S/c1-11-9(12)6-3-4-8(7(10)5-6)15(2,13)14/h3-5H,10H2,1-2H3,(H,11,12). The van der Waals surface area contributed by atoms with E-state index in [1.165, 1.54) is 25.2 Å². The molecular weight excluding hydrogens is 216 g/mol. The van der Waals surface area contributed by atoms with Crippen molar-refractivity contribution in [3.63, 3.8) is 0 Å². The van der Waals surface area contributed by atoms with Crippen LogP contribution in [0.25, 0.3) is 0 Å². The Kier molecular flexibility index (Phi) is 2.99. The van der Waals surface area contributed by atoms with Gasteiger partial charge in [0.2, 0.25) is 0 Å². The zero-order chi connectivity index (χ0) is 11.6. The van der Waals surface area contributed by atoms with Gasteiger partial charge in [-0.05, 0) is 18.2 Å². The summed E-state index contributed by atoms with van der Waals surface area (Å²) in [5, 5.41) is 2.42. The number of benzene rings is 1. The van der Waals surface area contributed by atoms with Crippen LogP contribution in [-0.2, 0) is 9.84 Å². The molecule has 82 valence electrons. The topological polar surface area (TPSA) is 89.3 Å². The molecule has 0 aliphatic heterocycles. The summed E-state index contributed by atoms with van der Waals surface area (Å²) in [5.74, 6) is -0.304. The number of nitrogen functional groups attached to an aromatic ring is 1. The fourth-order valence-corrected chi connectivity index (χ4v) is 1.97. The molecule has 0 radical (unpaired) electrons. The van der Waals surface area contributed by atoms with Crippen molar-refractivity contribution in [2.45, 2.75) is 4.90 Å². The van der Waals surface area contributed by atoms with Crippen molar-refractivity contribution < 1.29 is 13.2 Å². The molecule has 0 unspecified atom stereocenters. The molecule has 0 aliphatic rings. The Balaban J connectivity index is 3.27. The van der Waals surface area contributed by atoms with Crippen molar-refractivity contribution in [2.24, 2.45) is 0 Å². The van der Waals surface area contributed by atoms with E-state index in [-0.39, 0.29) is 16.5 Å². The van der Waals surface area contributed by atoms with Gasteiger partial charge in [-0.25, -0.2) is 8.42 Å². The number of carbonyl (C=O) groups is 1. The molecular formula is C9H12N2O3S. The summed E-state index contributed by atoms with van der Waals surface area (Å²) in [6.07, 6.45) is 1.07. The van der Waals surface area contributed by atoms with Gasteiger partial charge in [-0.2, -0.15) is 0 Å². The second kappa shape index (κ2) is 3.90. The van der Waals surface area contributed by atoms with Gasteiger partial charge in [-0.3, -0.25) is 4.79 Å². The van der Waals surface area contributed by atoms with Gasteiger partial charge in [0, 0.05) is 18.9 Å². The first-order valence-electron chi connectivity index (χ1n) is 4.18. The molecule has 0 aromatic heterocycles. The second-order valence-corrected chi connectivity index (χ2v) is 5.09. The third-order valence-electron chi connectivity index (χ3n) is 1.90. The smallest absolute Gasteiger partial charge is 0.251 e. The van der Waals surface area contributed by atoms with Crippen LogP contribution < -0.4 is 11.1 Å². The lowest BCUT2D eigenvalue weighted by Gasteiger charge is -2.05. The normalized spacial score (nSPS) is 11.1. The van der Waals surface area contributed by atoms with Gasteiger partial charge >= 0.3 is 0 Å². The van der Waals surface area contributed by atoms with Gasteiger partial charge in [0.15, 0.2) is 9.84 Å². The van der Waals surface area contributed by atoms with Crippen molar-refractivity contribution in [1.82, 2.24) is 5.32 Å². The second-order valence-electron chi connectivity index (χ2n) is 3.10. The number of hydrogen-bond acceptors (Lipinski definition) is 4. The zero-order valence-corrected chi connectivity index (χ0v) is 9.26. The first-order valence-corrected chi connectivity index (χ1v) is 6.07. The fraction of sp³-hybridized carbons (Fsp3) is 0.222. The Morgan fingerprint density at radius 3 is 2.40 bits per heavy atom. The Morgan fingerprint density at radius 2 is 2.00 bits per heavy atom. The lowest BCUT2D eigenvalue weighted by Crippen LogP contribution is -2.18. The molecule has 1 rings (SSSR count). The van der Waals surface area contributed by atoms with Crippen LogP contribution in [0.15, 0.2) is 23.1 Å². The summed E-state index contributed by atoms with van der Waals surface area (Å²) in [5.41, 5.74) is 5.96. The maximum atomic E-state index is 11.2. The van der Waals surface area contributed by atoms with E-state index in [9.17, 15) is 13.2 Å². The largest absolute Gasteiger partial charge is 0.398 e. The monoisotopic (exact) mass is 228 g/mol. The molecule has 0 atom stereocenters. The third kappa shape index (κ3) is 2.47. The minimum Gasteiger partial charge on any atom is -0.398 e. The predicted molar refractivity (Wildman–Crippen MR) is 57.4 cm³/mol. The highest BCUT2D eigenvalue weighted by molar-refractivity contribution is 7.90. The first kappa shape index (κ1) is 11.5. The molecule has 1 amide bonds. The van der Waals surface area contributed by atoms with E-state index in [1.807, 2.05) is 0 Å². The van der Waals surface area contributed by atoms with Crippen LogP contribution in [0.3, 0.4) is 0 Å². The molecule has 0 saturated heterocycles. The number of carbonyl (C=O) groups excluding carboxylic acids is 1. The lowest BCUT2D eigenvalue weighted by molar-refractivity contribution is 0.0963. The number of anilines is 1. The lowest BCUT2D eigenvalue weighted by atomic mass is 10.2. The molecule has 0 fully saturated rings. The van der Waals surface area contributed by atoms with Crippen LogP contribution in [0, 0.1) is 0 Å². The van der Waals surface area contributed by atoms with Crippen LogP contribution in [-0.4, -0.2) is 27.6 Å². The fourth-order valence-electron chi connectivity index (χ4n) is 1.17. The summed E-state index contributed by atoms with van der Waals surface area (Å²) < 4.78 is 22.4. The Bertz CT molecular complexity index is 494. The Hall–Kier alpha value is -1.56. The summed E-state index contributed by atoms with van der Waals surface area (Å²) >= 11 is 0. The molecule has 0 aliphatic carbocycles. The molecule has 1 aromatic carbocycles. The van der Waals surface area contributed by atoms with E-state index in [1.54, 1.807) is 0 Å². The maximum Gasteiger partial charge on any atom is 0.251 e. The van der Waals surface area contributed by atoms with Crippen LogP contribution in [0.1, 0.15) is 10.4 Å². The molecule has 0 heterocycles. The van der Waals surface area contributed by atoms with Gasteiger partial charge in [0.25, 0.3) is 5.91 Å². The number of nitrogens with two attached hydrogens (primary N) is 1. The predicted octanol–water partition coefficient (Wildman–Crippen LogP) is 0.0319. The van der Waals surface area contributed by atoms with Gasteiger partial charge in [-0.15, -0.1) is 0 Å². The van der Waals surface area contributed by atoms with Crippen LogP contribution in [0.5, 0.6) is 0 Å². The van der Waals surface area contributed by atoms with Crippen molar-refractivity contribution in [3.8, 4) is 0 Å². The van der Waals surface area contributed by atoms with Gasteiger partial charge in [0.1, 0.15) is 0 Å². The minimum atomic E-state index is -3.34. The van der Waals surface area contributed by atoms with Gasteiger partial charge in [0.05, 0.1) is 10.6 Å². The highest BCUT2D eigenvalue weighted by Crippen LogP contribution is 2.19. The molecule has 15 heavy (non-hydrogen) atoms. The zero-order valence-electron chi connectivity index (χ0n) is 8.44. The van der Waals surface area contributed by atoms with Crippen molar-refractivity contribution in [3.05, 3.63) is 23.8 Å². The molecule has 5 nitrogen and oxygen atoms in total. The van der Waals surface area contributed by atoms with E-state index >= 15 is 0 Å². The molecule has 0 bridgehead atoms. The summed E-state index contributed by atoms with van der Waals surface area (Å²) in [7, 11) is -1.85. The Labute approximate surface area is 88.2 Å². The Morgan fingerprint density at radius 1 is 1.40 bits per heavy atom. The van der Waals surface area contributed by atoms with Crippen molar-refractivity contribution in [2.75, 3.05) is 19.0 Å². The van der Waals surface area contributed by atoms with Crippen LogP contribution >= 0.6 is 0 Å². The first-order chi connectivity index (χ1) is 6.86. The minimum absolute atomic E-state index is 0.0372.